The molecule has 10 heteroatoms. The number of hydrogen-bond acceptors (Lipinski definition) is 6. The number of hydrogen-bond donors (Lipinski definition) is 1. The van der Waals surface area contributed by atoms with Crippen LogP contribution >= 0.6 is 11.6 Å². The molecule has 2 unspecified atom stereocenters. The predicted molar refractivity (Wildman–Crippen MR) is 135 cm³/mol. The summed E-state index contributed by atoms with van der Waals surface area (Å²) in [5.74, 6) is -0.760. The van der Waals surface area contributed by atoms with Crippen molar-refractivity contribution in [2.24, 2.45) is 5.92 Å². The van der Waals surface area contributed by atoms with Crippen molar-refractivity contribution in [2.45, 2.75) is 25.9 Å². The largest absolute Gasteiger partial charge is 0.493 e. The lowest BCUT2D eigenvalue weighted by Crippen LogP contribution is -2.51. The van der Waals surface area contributed by atoms with Crippen molar-refractivity contribution >= 4 is 29.5 Å². The molecule has 1 aliphatic heterocycles. The van der Waals surface area contributed by atoms with Crippen LogP contribution in [0.25, 0.3) is 0 Å². The number of rotatable bonds is 11. The number of ether oxygens (including phenoxy) is 2. The van der Waals surface area contributed by atoms with Gasteiger partial charge < -0.3 is 19.5 Å². The number of carboxylic acids is 1. The number of carboxylic acid groups (broad SMARTS) is 1. The minimum Gasteiger partial charge on any atom is -0.493 e. The number of benzene rings is 2. The maximum Gasteiger partial charge on any atom is 0.326 e. The second-order valence-corrected chi connectivity index (χ2v) is 9.31. The van der Waals surface area contributed by atoms with Gasteiger partial charge in [0.1, 0.15) is 6.61 Å². The summed E-state index contributed by atoms with van der Waals surface area (Å²) in [6, 6.07) is 12.0. The standard InChI is InChI=1S/C26H32ClN3O6/c1-17(25(32)33)24(19-6-8-20(27)9-7-19)29(3)16-18-5-10-21(22(15-18)35-4)36-14-13-30-23(31)11-12-28(2)26(30)34/h5-10,15,17,24H,11-14,16H2,1-4H3,(H,32,33). The van der Waals surface area contributed by atoms with E-state index in [-0.39, 0.29) is 31.1 Å². The molecule has 1 heterocycles. The van der Waals surface area contributed by atoms with E-state index in [1.54, 1.807) is 32.2 Å². The van der Waals surface area contributed by atoms with E-state index in [1.807, 2.05) is 36.2 Å². The van der Waals surface area contributed by atoms with Crippen LogP contribution in [-0.2, 0) is 16.1 Å². The smallest absolute Gasteiger partial charge is 0.326 e. The number of carbonyl (C=O) groups excluding carboxylic acids is 2. The van der Waals surface area contributed by atoms with Gasteiger partial charge in [0.15, 0.2) is 11.5 Å². The van der Waals surface area contributed by atoms with Crippen LogP contribution < -0.4 is 9.47 Å². The van der Waals surface area contributed by atoms with Crippen LogP contribution in [0.3, 0.4) is 0 Å². The molecular formula is C26H32ClN3O6. The average Bonchev–Trinajstić information content (AvgIpc) is 2.85. The summed E-state index contributed by atoms with van der Waals surface area (Å²) in [6.45, 7) is 2.85. The Morgan fingerprint density at radius 2 is 1.86 bits per heavy atom. The number of urea groups is 1. The number of halogens is 1. The molecule has 0 aliphatic carbocycles. The first kappa shape index (κ1) is 27.3. The molecule has 3 amide bonds. The van der Waals surface area contributed by atoms with E-state index in [1.165, 1.54) is 16.9 Å². The Kier molecular flexibility index (Phi) is 9.17. The minimum absolute atomic E-state index is 0.135. The van der Waals surface area contributed by atoms with E-state index < -0.39 is 11.9 Å². The van der Waals surface area contributed by atoms with Gasteiger partial charge in [-0.15, -0.1) is 0 Å². The highest BCUT2D eigenvalue weighted by molar-refractivity contribution is 6.30. The first-order chi connectivity index (χ1) is 17.1. The fourth-order valence-electron chi connectivity index (χ4n) is 4.31. The van der Waals surface area contributed by atoms with E-state index in [0.717, 1.165) is 11.1 Å². The summed E-state index contributed by atoms with van der Waals surface area (Å²) in [4.78, 5) is 40.8. The SMILES string of the molecule is COc1cc(CN(C)C(c2ccc(Cl)cc2)C(C)C(=O)O)ccc1OCCN1C(=O)CCN(C)C1=O. The van der Waals surface area contributed by atoms with Gasteiger partial charge in [0.05, 0.1) is 19.6 Å². The molecule has 0 saturated carbocycles. The summed E-state index contributed by atoms with van der Waals surface area (Å²) in [6.07, 6.45) is 0.297. The molecule has 1 aliphatic rings. The maximum absolute atomic E-state index is 12.2. The molecule has 0 spiro atoms. The zero-order valence-electron chi connectivity index (χ0n) is 20.9. The summed E-state index contributed by atoms with van der Waals surface area (Å²) >= 11 is 6.02. The average molecular weight is 518 g/mol. The second-order valence-electron chi connectivity index (χ2n) is 8.87. The van der Waals surface area contributed by atoms with Crippen molar-refractivity contribution < 1.29 is 29.0 Å². The lowest BCUT2D eigenvalue weighted by atomic mass is 9.93. The number of nitrogens with zero attached hydrogens (tertiary/aromatic N) is 3. The van der Waals surface area contributed by atoms with E-state index in [9.17, 15) is 19.5 Å². The highest BCUT2D eigenvalue weighted by Gasteiger charge is 2.30. The monoisotopic (exact) mass is 517 g/mol. The van der Waals surface area contributed by atoms with Crippen LogP contribution in [0, 0.1) is 5.92 Å². The Morgan fingerprint density at radius 1 is 1.17 bits per heavy atom. The Morgan fingerprint density at radius 3 is 2.50 bits per heavy atom. The number of carbonyl (C=O) groups is 3. The van der Waals surface area contributed by atoms with Crippen LogP contribution in [-0.4, -0.2) is 78.6 Å². The molecule has 0 radical (unpaired) electrons. The van der Waals surface area contributed by atoms with Gasteiger partial charge in [-0.05, 0) is 42.4 Å². The van der Waals surface area contributed by atoms with Crippen molar-refractivity contribution in [2.75, 3.05) is 40.9 Å². The van der Waals surface area contributed by atoms with Gasteiger partial charge in [-0.25, -0.2) is 4.79 Å². The molecule has 0 aromatic heterocycles. The van der Waals surface area contributed by atoms with Crippen molar-refractivity contribution in [3.05, 3.63) is 58.6 Å². The topological polar surface area (TPSA) is 99.6 Å². The van der Waals surface area contributed by atoms with Gasteiger partial charge in [-0.3, -0.25) is 19.4 Å². The van der Waals surface area contributed by atoms with Gasteiger partial charge in [-0.2, -0.15) is 0 Å². The van der Waals surface area contributed by atoms with Crippen molar-refractivity contribution in [1.29, 1.82) is 0 Å². The molecule has 194 valence electrons. The Labute approximate surface area is 216 Å². The molecule has 36 heavy (non-hydrogen) atoms. The summed E-state index contributed by atoms with van der Waals surface area (Å²) in [5, 5.41) is 10.3. The molecule has 2 aromatic carbocycles. The lowest BCUT2D eigenvalue weighted by molar-refractivity contribution is -0.143. The molecule has 1 saturated heterocycles. The first-order valence-electron chi connectivity index (χ1n) is 11.7. The van der Waals surface area contributed by atoms with E-state index >= 15 is 0 Å². The highest BCUT2D eigenvalue weighted by Crippen LogP contribution is 2.33. The second kappa shape index (κ2) is 12.1. The third-order valence-corrected chi connectivity index (χ3v) is 6.55. The molecule has 0 bridgehead atoms. The highest BCUT2D eigenvalue weighted by atomic mass is 35.5. The zero-order chi connectivity index (χ0) is 26.4. The van der Waals surface area contributed by atoms with Crippen LogP contribution in [0.4, 0.5) is 4.79 Å². The third kappa shape index (κ3) is 6.47. The molecule has 1 fully saturated rings. The first-order valence-corrected chi connectivity index (χ1v) is 12.0. The number of aliphatic carboxylic acids is 1. The summed E-state index contributed by atoms with van der Waals surface area (Å²) in [5.41, 5.74) is 1.76. The van der Waals surface area contributed by atoms with Gasteiger partial charge in [0.25, 0.3) is 0 Å². The number of imide groups is 1. The van der Waals surface area contributed by atoms with E-state index in [4.69, 9.17) is 21.1 Å². The predicted octanol–water partition coefficient (Wildman–Crippen LogP) is 3.91. The van der Waals surface area contributed by atoms with Crippen LogP contribution in [0.2, 0.25) is 5.02 Å². The Hall–Kier alpha value is -3.30. The summed E-state index contributed by atoms with van der Waals surface area (Å²) < 4.78 is 11.3. The van der Waals surface area contributed by atoms with Crippen molar-refractivity contribution in [3.8, 4) is 11.5 Å². The number of amides is 3. The van der Waals surface area contributed by atoms with Gasteiger partial charge in [0.2, 0.25) is 5.91 Å². The van der Waals surface area contributed by atoms with Crippen molar-refractivity contribution in [3.63, 3.8) is 0 Å². The van der Waals surface area contributed by atoms with Crippen LogP contribution in [0.1, 0.15) is 30.5 Å². The number of methoxy groups -OCH3 is 1. The zero-order valence-corrected chi connectivity index (χ0v) is 21.7. The molecule has 3 rings (SSSR count). The van der Waals surface area contributed by atoms with E-state index in [2.05, 4.69) is 0 Å². The fraction of sp³-hybridized carbons (Fsp3) is 0.423. The quantitative estimate of drug-likeness (QED) is 0.482. The molecule has 2 atom stereocenters. The minimum atomic E-state index is -0.889. The van der Waals surface area contributed by atoms with E-state index in [0.29, 0.717) is 36.0 Å². The fourth-order valence-corrected chi connectivity index (χ4v) is 4.44. The van der Waals surface area contributed by atoms with Crippen molar-refractivity contribution in [1.82, 2.24) is 14.7 Å². The van der Waals surface area contributed by atoms with Crippen LogP contribution in [0.15, 0.2) is 42.5 Å². The third-order valence-electron chi connectivity index (χ3n) is 6.30. The van der Waals surface area contributed by atoms with Gasteiger partial charge in [0, 0.05) is 37.6 Å². The van der Waals surface area contributed by atoms with Gasteiger partial charge >= 0.3 is 12.0 Å². The molecule has 1 N–H and O–H groups in total. The lowest BCUT2D eigenvalue weighted by Gasteiger charge is -2.32. The normalized spacial score (nSPS) is 15.7. The van der Waals surface area contributed by atoms with Gasteiger partial charge in [-0.1, -0.05) is 36.7 Å². The Balaban J connectivity index is 1.69. The Bertz CT molecular complexity index is 1090. The maximum atomic E-state index is 12.2. The molecular weight excluding hydrogens is 486 g/mol. The van der Waals surface area contributed by atoms with Crippen LogP contribution in [0.5, 0.6) is 11.5 Å². The summed E-state index contributed by atoms with van der Waals surface area (Å²) in [7, 11) is 5.07. The molecule has 2 aromatic rings. The molecule has 9 nitrogen and oxygen atoms in total.